The predicted octanol–water partition coefficient (Wildman–Crippen LogP) is 3.02. The van der Waals surface area contributed by atoms with Crippen molar-refractivity contribution in [2.45, 2.75) is 4.90 Å². The molecule has 0 spiro atoms. The molecule has 2 aromatic carbocycles. The second kappa shape index (κ2) is 5.49. The molecule has 0 aliphatic carbocycles. The summed E-state index contributed by atoms with van der Waals surface area (Å²) >= 11 is 11.7. The number of hydrogen-bond acceptors (Lipinski definition) is 4. The van der Waals surface area contributed by atoms with E-state index in [-0.39, 0.29) is 10.6 Å². The molecule has 0 saturated carbocycles. The zero-order valence-electron chi connectivity index (χ0n) is 10.0. The first kappa shape index (κ1) is 14.9. The molecule has 0 amide bonds. The first-order valence-corrected chi connectivity index (χ1v) is 7.63. The Hall–Kier alpha value is -1.47. The lowest BCUT2D eigenvalue weighted by molar-refractivity contribution is 0.483. The summed E-state index contributed by atoms with van der Waals surface area (Å²) in [5.41, 5.74) is 5.63. The zero-order valence-corrected chi connectivity index (χ0v) is 12.3. The van der Waals surface area contributed by atoms with Crippen LogP contribution in [0, 0.1) is 0 Å². The van der Waals surface area contributed by atoms with Crippen molar-refractivity contribution in [2.24, 2.45) is 5.14 Å². The molecule has 8 heteroatoms. The molecule has 0 atom stereocenters. The molecule has 106 valence electrons. The molecule has 20 heavy (non-hydrogen) atoms. The lowest BCUT2D eigenvalue weighted by Crippen LogP contribution is -2.14. The van der Waals surface area contributed by atoms with Crippen LogP contribution in [0.2, 0.25) is 10.0 Å². The van der Waals surface area contributed by atoms with Crippen LogP contribution in [-0.2, 0) is 10.0 Å². The highest BCUT2D eigenvalue weighted by Gasteiger charge is 2.13. The quantitative estimate of drug-likeness (QED) is 0.844. The van der Waals surface area contributed by atoms with Crippen molar-refractivity contribution in [3.05, 3.63) is 46.4 Å². The van der Waals surface area contributed by atoms with Gasteiger partial charge in [-0.3, -0.25) is 0 Å². The fourth-order valence-corrected chi connectivity index (χ4v) is 2.63. The van der Waals surface area contributed by atoms with Gasteiger partial charge in [0, 0.05) is 11.1 Å². The number of rotatable bonds is 3. The van der Waals surface area contributed by atoms with Crippen LogP contribution in [0.5, 0.6) is 11.5 Å². The molecule has 2 aromatic rings. The maximum Gasteiger partial charge on any atom is 0.240 e. The SMILES string of the molecule is Nc1cc(Oc2ccc(Cl)cc2Cl)ccc1S(N)(=O)=O. The van der Waals surface area contributed by atoms with Crippen molar-refractivity contribution in [3.63, 3.8) is 0 Å². The Bertz CT molecular complexity index is 763. The van der Waals surface area contributed by atoms with E-state index in [4.69, 9.17) is 38.8 Å². The van der Waals surface area contributed by atoms with Gasteiger partial charge in [0.15, 0.2) is 0 Å². The first-order valence-electron chi connectivity index (χ1n) is 5.32. The van der Waals surface area contributed by atoms with Gasteiger partial charge in [-0.15, -0.1) is 0 Å². The van der Waals surface area contributed by atoms with Crippen molar-refractivity contribution < 1.29 is 13.2 Å². The Morgan fingerprint density at radius 2 is 1.75 bits per heavy atom. The lowest BCUT2D eigenvalue weighted by Gasteiger charge is -2.10. The average molecular weight is 333 g/mol. The number of ether oxygens (including phenoxy) is 1. The number of nitrogens with two attached hydrogens (primary N) is 2. The van der Waals surface area contributed by atoms with Gasteiger partial charge in [-0.1, -0.05) is 23.2 Å². The van der Waals surface area contributed by atoms with Gasteiger partial charge in [-0.2, -0.15) is 0 Å². The van der Waals surface area contributed by atoms with E-state index in [1.165, 1.54) is 24.3 Å². The van der Waals surface area contributed by atoms with Gasteiger partial charge >= 0.3 is 0 Å². The minimum Gasteiger partial charge on any atom is -0.456 e. The fraction of sp³-hybridized carbons (Fsp3) is 0. The third-order valence-corrected chi connectivity index (χ3v) is 3.92. The van der Waals surface area contributed by atoms with Gasteiger partial charge in [-0.05, 0) is 30.3 Å². The van der Waals surface area contributed by atoms with Gasteiger partial charge in [0.2, 0.25) is 10.0 Å². The van der Waals surface area contributed by atoms with E-state index in [0.29, 0.717) is 21.5 Å². The summed E-state index contributed by atoms with van der Waals surface area (Å²) in [6.07, 6.45) is 0. The zero-order chi connectivity index (χ0) is 14.9. The number of benzene rings is 2. The molecule has 0 heterocycles. The van der Waals surface area contributed by atoms with Gasteiger partial charge in [0.1, 0.15) is 16.4 Å². The highest BCUT2D eigenvalue weighted by atomic mass is 35.5. The summed E-state index contributed by atoms with van der Waals surface area (Å²) in [6.45, 7) is 0. The molecular formula is C12H10Cl2N2O3S. The molecule has 2 rings (SSSR count). The Balaban J connectivity index is 2.34. The summed E-state index contributed by atoms with van der Waals surface area (Å²) in [7, 11) is -3.86. The second-order valence-corrected chi connectivity index (χ2v) is 6.29. The lowest BCUT2D eigenvalue weighted by atomic mass is 10.3. The van der Waals surface area contributed by atoms with E-state index in [9.17, 15) is 8.42 Å². The molecule has 0 unspecified atom stereocenters. The largest absolute Gasteiger partial charge is 0.456 e. The van der Waals surface area contributed by atoms with Gasteiger partial charge in [0.05, 0.1) is 10.7 Å². The van der Waals surface area contributed by atoms with Gasteiger partial charge in [-0.25, -0.2) is 13.6 Å². The first-order chi connectivity index (χ1) is 9.27. The molecule has 0 saturated heterocycles. The number of hydrogen-bond donors (Lipinski definition) is 2. The molecule has 0 aromatic heterocycles. The van der Waals surface area contributed by atoms with E-state index in [1.807, 2.05) is 0 Å². The number of nitrogen functional groups attached to an aromatic ring is 1. The van der Waals surface area contributed by atoms with Crippen molar-refractivity contribution in [1.82, 2.24) is 0 Å². The smallest absolute Gasteiger partial charge is 0.240 e. The van der Waals surface area contributed by atoms with Crippen LogP contribution in [0.1, 0.15) is 0 Å². The Labute approximate surface area is 126 Å². The predicted molar refractivity (Wildman–Crippen MR) is 78.8 cm³/mol. The summed E-state index contributed by atoms with van der Waals surface area (Å²) in [4.78, 5) is -0.160. The molecule has 0 fully saturated rings. The van der Waals surface area contributed by atoms with Crippen LogP contribution in [0.15, 0.2) is 41.3 Å². The summed E-state index contributed by atoms with van der Waals surface area (Å²) in [6, 6.07) is 8.79. The number of anilines is 1. The topological polar surface area (TPSA) is 95.4 Å². The van der Waals surface area contributed by atoms with Crippen LogP contribution in [-0.4, -0.2) is 8.42 Å². The number of sulfonamides is 1. The maximum absolute atomic E-state index is 11.2. The van der Waals surface area contributed by atoms with E-state index in [0.717, 1.165) is 0 Å². The third kappa shape index (κ3) is 3.34. The van der Waals surface area contributed by atoms with E-state index >= 15 is 0 Å². The highest BCUT2D eigenvalue weighted by Crippen LogP contribution is 2.33. The average Bonchev–Trinajstić information content (AvgIpc) is 2.31. The number of primary sulfonamides is 1. The van der Waals surface area contributed by atoms with Crippen molar-refractivity contribution in [1.29, 1.82) is 0 Å². The van der Waals surface area contributed by atoms with Crippen LogP contribution < -0.4 is 15.6 Å². The minimum absolute atomic E-state index is 0.00455. The second-order valence-electron chi connectivity index (χ2n) is 3.92. The van der Waals surface area contributed by atoms with Crippen molar-refractivity contribution in [3.8, 4) is 11.5 Å². The molecule has 0 aliphatic heterocycles. The van der Waals surface area contributed by atoms with E-state index in [1.54, 1.807) is 12.1 Å². The van der Waals surface area contributed by atoms with Crippen molar-refractivity contribution in [2.75, 3.05) is 5.73 Å². The molecule has 0 bridgehead atoms. The molecular weight excluding hydrogens is 323 g/mol. The normalized spacial score (nSPS) is 11.3. The highest BCUT2D eigenvalue weighted by molar-refractivity contribution is 7.89. The molecule has 0 aliphatic rings. The molecule has 5 nitrogen and oxygen atoms in total. The summed E-state index contributed by atoms with van der Waals surface area (Å²) in [5, 5.41) is 5.82. The van der Waals surface area contributed by atoms with E-state index in [2.05, 4.69) is 0 Å². The summed E-state index contributed by atoms with van der Waals surface area (Å²) in [5.74, 6) is 0.706. The minimum atomic E-state index is -3.86. The maximum atomic E-state index is 11.2. The van der Waals surface area contributed by atoms with Crippen LogP contribution in [0.4, 0.5) is 5.69 Å². The fourth-order valence-electron chi connectivity index (χ4n) is 1.53. The Morgan fingerprint density at radius 1 is 1.05 bits per heavy atom. The van der Waals surface area contributed by atoms with Crippen molar-refractivity contribution >= 4 is 38.9 Å². The Morgan fingerprint density at radius 3 is 2.30 bits per heavy atom. The number of halogens is 2. The van der Waals surface area contributed by atoms with E-state index < -0.39 is 10.0 Å². The van der Waals surface area contributed by atoms with Gasteiger partial charge < -0.3 is 10.5 Å². The van der Waals surface area contributed by atoms with Crippen LogP contribution in [0.3, 0.4) is 0 Å². The summed E-state index contributed by atoms with van der Waals surface area (Å²) < 4.78 is 28.0. The van der Waals surface area contributed by atoms with Crippen LogP contribution in [0.25, 0.3) is 0 Å². The Kier molecular flexibility index (Phi) is 4.10. The van der Waals surface area contributed by atoms with Crippen LogP contribution >= 0.6 is 23.2 Å². The monoisotopic (exact) mass is 332 g/mol. The van der Waals surface area contributed by atoms with Gasteiger partial charge in [0.25, 0.3) is 0 Å². The standard InChI is InChI=1S/C12H10Cl2N2O3S/c13-7-1-3-11(9(14)5-7)19-8-2-4-12(10(15)6-8)20(16,17)18/h1-6H,15H2,(H2,16,17,18). The molecule has 0 radical (unpaired) electrons. The molecule has 4 N–H and O–H groups in total. The third-order valence-electron chi connectivity index (χ3n) is 2.41.